The molecule has 0 atom stereocenters. The van der Waals surface area contributed by atoms with Crippen molar-refractivity contribution in [2.45, 2.75) is 45.8 Å². The molecule has 0 aromatic heterocycles. The summed E-state index contributed by atoms with van der Waals surface area (Å²) in [5, 5.41) is 17.0. The molecular formula is C8H18O3. The van der Waals surface area contributed by atoms with E-state index in [0.717, 1.165) is 0 Å². The summed E-state index contributed by atoms with van der Waals surface area (Å²) < 4.78 is 0. The van der Waals surface area contributed by atoms with E-state index in [1.165, 1.54) is 13.8 Å². The number of carbonyl (C=O) groups is 1. The largest absolute Gasteiger partial charge is 0.391 e. The fraction of sp³-hybridized carbons (Fsp3) is 0.875. The third-order valence-electron chi connectivity index (χ3n) is 0.288. The smallest absolute Gasteiger partial charge is 0.150 e. The van der Waals surface area contributed by atoms with Gasteiger partial charge in [-0.15, -0.1) is 0 Å². The first-order valence-corrected chi connectivity index (χ1v) is 3.47. The van der Waals surface area contributed by atoms with Crippen LogP contribution in [0.1, 0.15) is 34.6 Å². The Kier molecular flexibility index (Phi) is 5.36. The predicted octanol–water partition coefficient (Wildman–Crippen LogP) is 0.733. The zero-order valence-electron chi connectivity index (χ0n) is 7.88. The molecule has 0 fully saturated rings. The van der Waals surface area contributed by atoms with Gasteiger partial charge >= 0.3 is 0 Å². The van der Waals surface area contributed by atoms with E-state index in [1.807, 2.05) is 0 Å². The predicted molar refractivity (Wildman–Crippen MR) is 44.3 cm³/mol. The van der Waals surface area contributed by atoms with Crippen molar-refractivity contribution < 1.29 is 15.0 Å². The normalized spacial score (nSPS) is 11.5. The Bertz CT molecular complexity index is 99.5. The van der Waals surface area contributed by atoms with Crippen LogP contribution in [0.25, 0.3) is 0 Å². The summed E-state index contributed by atoms with van der Waals surface area (Å²) in [6.45, 7) is 8.09. The van der Waals surface area contributed by atoms with Gasteiger partial charge in [0.25, 0.3) is 0 Å². The van der Waals surface area contributed by atoms with E-state index in [4.69, 9.17) is 10.2 Å². The molecule has 0 amide bonds. The molecule has 68 valence electrons. The zero-order valence-corrected chi connectivity index (χ0v) is 7.88. The topological polar surface area (TPSA) is 57.5 Å². The van der Waals surface area contributed by atoms with Gasteiger partial charge in [0.2, 0.25) is 0 Å². The zero-order chi connectivity index (χ0) is 9.71. The highest BCUT2D eigenvalue weighted by Crippen LogP contribution is 1.93. The van der Waals surface area contributed by atoms with Gasteiger partial charge in [-0.3, -0.25) is 0 Å². The van der Waals surface area contributed by atoms with Gasteiger partial charge in [0.1, 0.15) is 5.60 Å². The Morgan fingerprint density at radius 2 is 1.09 bits per heavy atom. The summed E-state index contributed by atoms with van der Waals surface area (Å²) >= 11 is 0. The lowest BCUT2D eigenvalue weighted by Gasteiger charge is -2.04. The average molecular weight is 162 g/mol. The monoisotopic (exact) mass is 162 g/mol. The molecule has 0 saturated carbocycles. The molecule has 0 aliphatic rings. The van der Waals surface area contributed by atoms with Crippen LogP contribution in [0, 0.1) is 0 Å². The van der Waals surface area contributed by atoms with Gasteiger partial charge in [0.05, 0.1) is 5.60 Å². The molecule has 11 heavy (non-hydrogen) atoms. The summed E-state index contributed by atoms with van der Waals surface area (Å²) in [7, 11) is 0. The molecule has 0 unspecified atom stereocenters. The highest BCUT2D eigenvalue weighted by atomic mass is 16.3. The molecule has 0 spiro atoms. The summed E-state index contributed by atoms with van der Waals surface area (Å²) in [6, 6.07) is 0. The van der Waals surface area contributed by atoms with Crippen molar-refractivity contribution in [1.29, 1.82) is 0 Å². The van der Waals surface area contributed by atoms with Crippen LogP contribution in [-0.2, 0) is 4.79 Å². The number of carbonyl (C=O) groups excluding carboxylic acids is 1. The van der Waals surface area contributed by atoms with E-state index in [1.54, 1.807) is 20.8 Å². The van der Waals surface area contributed by atoms with Crippen LogP contribution in [0.4, 0.5) is 0 Å². The second kappa shape index (κ2) is 4.46. The minimum absolute atomic E-state index is 0.493. The van der Waals surface area contributed by atoms with Gasteiger partial charge in [0.15, 0.2) is 6.29 Å². The minimum atomic E-state index is -1.14. The molecule has 0 saturated heterocycles. The van der Waals surface area contributed by atoms with E-state index >= 15 is 0 Å². The summed E-state index contributed by atoms with van der Waals surface area (Å²) in [6.07, 6.45) is 0.493. The quantitative estimate of drug-likeness (QED) is 0.559. The van der Waals surface area contributed by atoms with Gasteiger partial charge in [0, 0.05) is 0 Å². The lowest BCUT2D eigenvalue weighted by molar-refractivity contribution is -0.120. The number of rotatable bonds is 1. The average Bonchev–Trinajstić information content (AvgIpc) is 1.59. The lowest BCUT2D eigenvalue weighted by atomic mass is 10.2. The van der Waals surface area contributed by atoms with E-state index in [0.29, 0.717) is 6.29 Å². The van der Waals surface area contributed by atoms with Gasteiger partial charge < -0.3 is 15.0 Å². The van der Waals surface area contributed by atoms with Gasteiger partial charge in [-0.25, -0.2) is 0 Å². The Morgan fingerprint density at radius 3 is 1.09 bits per heavy atom. The fourth-order valence-electron chi connectivity index (χ4n) is 0. The number of hydrogen-bond acceptors (Lipinski definition) is 3. The van der Waals surface area contributed by atoms with Crippen LogP contribution in [-0.4, -0.2) is 27.7 Å². The SMILES string of the molecule is CC(C)(C)O.CC(C)(O)C=O. The van der Waals surface area contributed by atoms with Gasteiger partial charge in [-0.05, 0) is 34.6 Å². The van der Waals surface area contributed by atoms with E-state index in [-0.39, 0.29) is 0 Å². The first-order valence-electron chi connectivity index (χ1n) is 3.47. The summed E-state index contributed by atoms with van der Waals surface area (Å²) in [5.41, 5.74) is -1.64. The van der Waals surface area contributed by atoms with Crippen LogP contribution in [0.15, 0.2) is 0 Å². The molecule has 0 aliphatic heterocycles. The van der Waals surface area contributed by atoms with Crippen molar-refractivity contribution in [1.82, 2.24) is 0 Å². The molecule has 0 bridgehead atoms. The van der Waals surface area contributed by atoms with Crippen molar-refractivity contribution in [3.63, 3.8) is 0 Å². The van der Waals surface area contributed by atoms with Crippen molar-refractivity contribution in [2.75, 3.05) is 0 Å². The molecule has 3 heteroatoms. The molecule has 0 aromatic rings. The van der Waals surface area contributed by atoms with E-state index < -0.39 is 11.2 Å². The summed E-state index contributed by atoms with van der Waals surface area (Å²) in [5.74, 6) is 0. The molecule has 0 aliphatic carbocycles. The summed E-state index contributed by atoms with van der Waals surface area (Å²) in [4.78, 5) is 9.58. The lowest BCUT2D eigenvalue weighted by Crippen LogP contribution is -2.19. The molecule has 0 heterocycles. The van der Waals surface area contributed by atoms with Crippen molar-refractivity contribution in [3.05, 3.63) is 0 Å². The van der Waals surface area contributed by atoms with Crippen LogP contribution in [0.2, 0.25) is 0 Å². The maximum absolute atomic E-state index is 9.58. The standard InChI is InChI=1S/C4H8O2.C4H10O/c1-4(2,6)3-5;1-4(2,3)5/h3,6H,1-2H3;5H,1-3H3. The van der Waals surface area contributed by atoms with Crippen LogP contribution < -0.4 is 0 Å². The van der Waals surface area contributed by atoms with Crippen LogP contribution in [0.5, 0.6) is 0 Å². The molecule has 0 rings (SSSR count). The van der Waals surface area contributed by atoms with Crippen molar-refractivity contribution in [2.24, 2.45) is 0 Å². The van der Waals surface area contributed by atoms with Gasteiger partial charge in [-0.2, -0.15) is 0 Å². The highest BCUT2D eigenvalue weighted by Gasteiger charge is 2.07. The molecular weight excluding hydrogens is 144 g/mol. The first kappa shape index (κ1) is 13.2. The van der Waals surface area contributed by atoms with Crippen molar-refractivity contribution >= 4 is 6.29 Å². The minimum Gasteiger partial charge on any atom is -0.391 e. The van der Waals surface area contributed by atoms with E-state index in [9.17, 15) is 4.79 Å². The van der Waals surface area contributed by atoms with E-state index in [2.05, 4.69) is 0 Å². The second-order valence-corrected chi connectivity index (χ2v) is 3.94. The third-order valence-corrected chi connectivity index (χ3v) is 0.288. The van der Waals surface area contributed by atoms with Crippen LogP contribution >= 0.6 is 0 Å². The maximum Gasteiger partial charge on any atom is 0.150 e. The van der Waals surface area contributed by atoms with Crippen LogP contribution in [0.3, 0.4) is 0 Å². The Hall–Kier alpha value is -0.410. The Morgan fingerprint density at radius 1 is 1.00 bits per heavy atom. The fourth-order valence-corrected chi connectivity index (χ4v) is 0. The molecule has 0 radical (unpaired) electrons. The van der Waals surface area contributed by atoms with Crippen molar-refractivity contribution in [3.8, 4) is 0 Å². The number of hydrogen-bond donors (Lipinski definition) is 2. The highest BCUT2D eigenvalue weighted by molar-refractivity contribution is 5.60. The second-order valence-electron chi connectivity index (χ2n) is 3.94. The number of aldehydes is 1. The molecule has 2 N–H and O–H groups in total. The van der Waals surface area contributed by atoms with Gasteiger partial charge in [-0.1, -0.05) is 0 Å². The Balaban J connectivity index is 0. The Labute approximate surface area is 68.0 Å². The first-order chi connectivity index (χ1) is 4.56. The molecule has 0 aromatic carbocycles. The number of aliphatic hydroxyl groups is 2. The molecule has 3 nitrogen and oxygen atoms in total. The maximum atomic E-state index is 9.58. The third kappa shape index (κ3) is 82.4.